The van der Waals surface area contributed by atoms with Crippen LogP contribution in [0.4, 0.5) is 0 Å². The Morgan fingerprint density at radius 3 is 2.45 bits per heavy atom. The number of carbonyl (C=O) groups is 1. The first-order valence-electron chi connectivity index (χ1n) is 9.58. The molecule has 0 atom stereocenters. The van der Waals surface area contributed by atoms with Crippen LogP contribution in [0.3, 0.4) is 0 Å². The number of nitrogens with one attached hydrogen (secondary N) is 2. The quantitative estimate of drug-likeness (QED) is 0.501. The summed E-state index contributed by atoms with van der Waals surface area (Å²) in [7, 11) is 4.91. The summed E-state index contributed by atoms with van der Waals surface area (Å²) < 4.78 is 10.6. The van der Waals surface area contributed by atoms with E-state index in [4.69, 9.17) is 9.47 Å². The SMILES string of the molecule is CCN(Cc1ccccc1)C(=O)CNC(=NC)NCc1ccc(OC)cc1OC. The predicted molar refractivity (Wildman–Crippen MR) is 115 cm³/mol. The van der Waals surface area contributed by atoms with Gasteiger partial charge in [-0.2, -0.15) is 0 Å². The zero-order valence-corrected chi connectivity index (χ0v) is 17.6. The topological polar surface area (TPSA) is 75.2 Å². The van der Waals surface area contributed by atoms with Gasteiger partial charge in [0.1, 0.15) is 11.5 Å². The van der Waals surface area contributed by atoms with Gasteiger partial charge in [-0.1, -0.05) is 30.3 Å². The molecule has 2 rings (SSSR count). The zero-order valence-electron chi connectivity index (χ0n) is 17.6. The number of likely N-dealkylation sites (N-methyl/N-ethyl adjacent to an activating group) is 1. The van der Waals surface area contributed by atoms with Crippen LogP contribution in [0.15, 0.2) is 53.5 Å². The Kier molecular flexibility index (Phi) is 8.82. The molecule has 0 aromatic heterocycles. The molecule has 0 radical (unpaired) electrons. The molecule has 0 heterocycles. The molecule has 0 saturated heterocycles. The fourth-order valence-electron chi connectivity index (χ4n) is 2.85. The second kappa shape index (κ2) is 11.6. The van der Waals surface area contributed by atoms with Gasteiger partial charge in [-0.05, 0) is 24.6 Å². The van der Waals surface area contributed by atoms with Crippen LogP contribution in [0.5, 0.6) is 11.5 Å². The van der Waals surface area contributed by atoms with Gasteiger partial charge in [0.15, 0.2) is 5.96 Å². The Morgan fingerprint density at radius 2 is 1.83 bits per heavy atom. The molecule has 2 N–H and O–H groups in total. The minimum Gasteiger partial charge on any atom is -0.497 e. The Labute approximate surface area is 172 Å². The molecule has 2 aromatic rings. The fourth-order valence-corrected chi connectivity index (χ4v) is 2.85. The Morgan fingerprint density at radius 1 is 1.07 bits per heavy atom. The number of rotatable bonds is 9. The number of hydrogen-bond donors (Lipinski definition) is 2. The molecule has 29 heavy (non-hydrogen) atoms. The smallest absolute Gasteiger partial charge is 0.242 e. The van der Waals surface area contributed by atoms with Gasteiger partial charge in [-0.3, -0.25) is 9.79 Å². The van der Waals surface area contributed by atoms with Crippen LogP contribution >= 0.6 is 0 Å². The summed E-state index contributed by atoms with van der Waals surface area (Å²) in [5, 5.41) is 6.29. The molecule has 0 spiro atoms. The van der Waals surface area contributed by atoms with E-state index in [0.717, 1.165) is 22.6 Å². The molecule has 1 amide bonds. The number of ether oxygens (including phenoxy) is 2. The molecule has 0 aliphatic carbocycles. The molecule has 0 fully saturated rings. The second-order valence-corrected chi connectivity index (χ2v) is 6.35. The number of aliphatic imine (C=N–C) groups is 1. The number of carbonyl (C=O) groups excluding carboxylic acids is 1. The number of nitrogens with zero attached hydrogens (tertiary/aromatic N) is 2. The van der Waals surface area contributed by atoms with E-state index in [2.05, 4.69) is 15.6 Å². The molecule has 0 aliphatic heterocycles. The van der Waals surface area contributed by atoms with E-state index < -0.39 is 0 Å². The van der Waals surface area contributed by atoms with Gasteiger partial charge in [0, 0.05) is 38.3 Å². The summed E-state index contributed by atoms with van der Waals surface area (Å²) >= 11 is 0. The minimum atomic E-state index is 0.0151. The number of methoxy groups -OCH3 is 2. The van der Waals surface area contributed by atoms with Crippen molar-refractivity contribution in [2.75, 3.05) is 34.4 Å². The van der Waals surface area contributed by atoms with E-state index in [1.807, 2.05) is 60.4 Å². The van der Waals surface area contributed by atoms with Gasteiger partial charge in [-0.25, -0.2) is 0 Å². The highest BCUT2D eigenvalue weighted by Gasteiger charge is 2.13. The molecule has 7 nitrogen and oxygen atoms in total. The van der Waals surface area contributed by atoms with Crippen LogP contribution < -0.4 is 20.1 Å². The maximum absolute atomic E-state index is 12.6. The van der Waals surface area contributed by atoms with Gasteiger partial charge in [0.25, 0.3) is 0 Å². The summed E-state index contributed by atoms with van der Waals surface area (Å²) in [4.78, 5) is 18.6. The number of benzene rings is 2. The maximum atomic E-state index is 12.6. The standard InChI is InChI=1S/C22H30N4O3/c1-5-26(16-17-9-7-6-8-10-17)21(27)15-25-22(23-2)24-14-18-11-12-19(28-3)13-20(18)29-4/h6-13H,5,14-16H2,1-4H3,(H2,23,24,25). The second-order valence-electron chi connectivity index (χ2n) is 6.35. The summed E-state index contributed by atoms with van der Waals surface area (Å²) in [6, 6.07) is 15.6. The first kappa shape index (κ1) is 22.1. The molecule has 7 heteroatoms. The van der Waals surface area contributed by atoms with Gasteiger partial charge in [0.2, 0.25) is 5.91 Å². The molecule has 0 bridgehead atoms. The van der Waals surface area contributed by atoms with Crippen molar-refractivity contribution in [1.82, 2.24) is 15.5 Å². The monoisotopic (exact) mass is 398 g/mol. The van der Waals surface area contributed by atoms with Gasteiger partial charge in [-0.15, -0.1) is 0 Å². The van der Waals surface area contributed by atoms with Crippen LogP contribution in [-0.2, 0) is 17.9 Å². The fraction of sp³-hybridized carbons (Fsp3) is 0.364. The third-order valence-corrected chi connectivity index (χ3v) is 4.52. The van der Waals surface area contributed by atoms with Crippen molar-refractivity contribution in [3.8, 4) is 11.5 Å². The van der Waals surface area contributed by atoms with E-state index in [9.17, 15) is 4.79 Å². The van der Waals surface area contributed by atoms with Gasteiger partial charge < -0.3 is 25.0 Å². The molecular weight excluding hydrogens is 368 g/mol. The van der Waals surface area contributed by atoms with Crippen LogP contribution in [-0.4, -0.2) is 51.1 Å². The van der Waals surface area contributed by atoms with E-state index in [1.54, 1.807) is 21.3 Å². The van der Waals surface area contributed by atoms with E-state index in [1.165, 1.54) is 0 Å². The molecule has 0 saturated carbocycles. The first-order valence-corrected chi connectivity index (χ1v) is 9.58. The van der Waals surface area contributed by atoms with Crippen molar-refractivity contribution >= 4 is 11.9 Å². The number of amides is 1. The van der Waals surface area contributed by atoms with Crippen LogP contribution in [0.1, 0.15) is 18.1 Å². The lowest BCUT2D eigenvalue weighted by Gasteiger charge is -2.22. The summed E-state index contributed by atoms with van der Waals surface area (Å²) in [5.74, 6) is 2.02. The molecule has 0 aliphatic rings. The third kappa shape index (κ3) is 6.71. The lowest BCUT2D eigenvalue weighted by Crippen LogP contribution is -2.44. The minimum absolute atomic E-state index is 0.0151. The number of guanidine groups is 1. The zero-order chi connectivity index (χ0) is 21.1. The van der Waals surface area contributed by atoms with Crippen molar-refractivity contribution in [2.24, 2.45) is 4.99 Å². The number of hydrogen-bond acceptors (Lipinski definition) is 4. The van der Waals surface area contributed by atoms with Crippen molar-refractivity contribution in [2.45, 2.75) is 20.0 Å². The van der Waals surface area contributed by atoms with Crippen molar-refractivity contribution in [3.63, 3.8) is 0 Å². The highest BCUT2D eigenvalue weighted by atomic mass is 16.5. The highest BCUT2D eigenvalue weighted by molar-refractivity contribution is 5.86. The highest BCUT2D eigenvalue weighted by Crippen LogP contribution is 2.24. The van der Waals surface area contributed by atoms with Gasteiger partial charge in [0.05, 0.1) is 20.8 Å². The largest absolute Gasteiger partial charge is 0.497 e. The molecular formula is C22H30N4O3. The van der Waals surface area contributed by atoms with Crippen LogP contribution in [0, 0.1) is 0 Å². The van der Waals surface area contributed by atoms with E-state index >= 15 is 0 Å². The average Bonchev–Trinajstić information content (AvgIpc) is 2.77. The normalized spacial score (nSPS) is 11.0. The molecule has 156 valence electrons. The average molecular weight is 399 g/mol. The van der Waals surface area contributed by atoms with E-state index in [0.29, 0.717) is 25.6 Å². The van der Waals surface area contributed by atoms with Crippen molar-refractivity contribution < 1.29 is 14.3 Å². The van der Waals surface area contributed by atoms with E-state index in [-0.39, 0.29) is 12.5 Å². The first-order chi connectivity index (χ1) is 14.1. The molecule has 2 aromatic carbocycles. The van der Waals surface area contributed by atoms with Gasteiger partial charge >= 0.3 is 0 Å². The van der Waals surface area contributed by atoms with Crippen LogP contribution in [0.2, 0.25) is 0 Å². The lowest BCUT2D eigenvalue weighted by atomic mass is 10.2. The third-order valence-electron chi connectivity index (χ3n) is 4.52. The predicted octanol–water partition coefficient (Wildman–Crippen LogP) is 2.42. The summed E-state index contributed by atoms with van der Waals surface area (Å²) in [6.45, 7) is 3.88. The van der Waals surface area contributed by atoms with Crippen molar-refractivity contribution in [1.29, 1.82) is 0 Å². The van der Waals surface area contributed by atoms with Crippen LogP contribution in [0.25, 0.3) is 0 Å². The Hall–Kier alpha value is -3.22. The summed E-state index contributed by atoms with van der Waals surface area (Å²) in [6.07, 6.45) is 0. The maximum Gasteiger partial charge on any atom is 0.242 e. The Balaban J connectivity index is 1.89. The molecule has 0 unspecified atom stereocenters. The summed E-state index contributed by atoms with van der Waals surface area (Å²) in [5.41, 5.74) is 2.07. The lowest BCUT2D eigenvalue weighted by molar-refractivity contribution is -0.130. The van der Waals surface area contributed by atoms with Crippen molar-refractivity contribution in [3.05, 3.63) is 59.7 Å². The Bertz CT molecular complexity index is 809.